The third kappa shape index (κ3) is 6.30. The molecule has 4 aromatic rings. The van der Waals surface area contributed by atoms with Gasteiger partial charge in [-0.3, -0.25) is 4.57 Å². The topological polar surface area (TPSA) is 148 Å². The number of sulfonamides is 1. The Morgan fingerprint density at radius 3 is 2.52 bits per heavy atom. The van der Waals surface area contributed by atoms with Crippen molar-refractivity contribution in [2.45, 2.75) is 69.5 Å². The molecule has 2 unspecified atom stereocenters. The van der Waals surface area contributed by atoms with Crippen molar-refractivity contribution in [3.8, 4) is 22.6 Å². The number of aromatic nitrogens is 4. The maximum Gasteiger partial charge on any atom is 0.241 e. The molecule has 0 aliphatic carbocycles. The quantitative estimate of drug-likeness (QED) is 0.267. The van der Waals surface area contributed by atoms with Crippen molar-refractivity contribution in [3.05, 3.63) is 48.5 Å². The lowest BCUT2D eigenvalue weighted by Gasteiger charge is -2.33. The fraction of sp³-hybridized carbons (Fsp3) is 0.469. The highest BCUT2D eigenvalue weighted by Crippen LogP contribution is 2.35. The zero-order chi connectivity index (χ0) is 31.1. The van der Waals surface area contributed by atoms with Crippen molar-refractivity contribution < 1.29 is 18.3 Å². The van der Waals surface area contributed by atoms with Gasteiger partial charge in [0.1, 0.15) is 17.4 Å². The van der Waals surface area contributed by atoms with Crippen LogP contribution in [0.3, 0.4) is 0 Å². The SMILES string of the molecule is CC(C)(C)NS(=O)(=O)c1cccc(-c2nc(-c3ccc(N4CCCC(CO)C4)cc3)c3nc(N)n(C4CCCCO4)c3n2)c1. The lowest BCUT2D eigenvalue weighted by molar-refractivity contribution is -0.0284. The Balaban J connectivity index is 1.46. The minimum atomic E-state index is -3.78. The molecule has 6 rings (SSSR count). The van der Waals surface area contributed by atoms with Crippen LogP contribution >= 0.6 is 0 Å². The summed E-state index contributed by atoms with van der Waals surface area (Å²) in [6.07, 6.45) is 4.56. The normalized spacial score (nSPS) is 19.9. The van der Waals surface area contributed by atoms with E-state index in [4.69, 9.17) is 25.4 Å². The second-order valence-electron chi connectivity index (χ2n) is 12.8. The number of nitrogen functional groups attached to an aromatic ring is 1. The second-order valence-corrected chi connectivity index (χ2v) is 14.5. The summed E-state index contributed by atoms with van der Waals surface area (Å²) < 4.78 is 37.0. The molecular weight excluding hydrogens is 578 g/mol. The van der Waals surface area contributed by atoms with E-state index in [9.17, 15) is 13.5 Å². The maximum atomic E-state index is 13.2. The highest BCUT2D eigenvalue weighted by atomic mass is 32.2. The van der Waals surface area contributed by atoms with Crippen molar-refractivity contribution >= 4 is 32.8 Å². The molecule has 0 bridgehead atoms. The summed E-state index contributed by atoms with van der Waals surface area (Å²) in [5.74, 6) is 0.938. The number of nitrogens with two attached hydrogens (primary N) is 1. The molecule has 0 spiro atoms. The van der Waals surface area contributed by atoms with E-state index in [1.807, 2.05) is 16.7 Å². The van der Waals surface area contributed by atoms with Crippen molar-refractivity contribution in [2.75, 3.05) is 36.9 Å². The largest absolute Gasteiger partial charge is 0.396 e. The van der Waals surface area contributed by atoms with Crippen molar-refractivity contribution in [1.82, 2.24) is 24.2 Å². The van der Waals surface area contributed by atoms with E-state index in [-0.39, 0.29) is 23.6 Å². The summed E-state index contributed by atoms with van der Waals surface area (Å²) >= 11 is 0. The molecule has 0 saturated carbocycles. The molecule has 2 saturated heterocycles. The number of aliphatic hydroxyl groups excluding tert-OH is 1. The molecule has 0 amide bonds. The van der Waals surface area contributed by atoms with E-state index < -0.39 is 15.6 Å². The van der Waals surface area contributed by atoms with Crippen LogP contribution < -0.4 is 15.4 Å². The van der Waals surface area contributed by atoms with Crippen LogP contribution in [-0.2, 0) is 14.8 Å². The minimum absolute atomic E-state index is 0.130. The number of ether oxygens (including phenoxy) is 1. The zero-order valence-electron chi connectivity index (χ0n) is 25.5. The van der Waals surface area contributed by atoms with Crippen LogP contribution in [0.5, 0.6) is 0 Å². The van der Waals surface area contributed by atoms with Gasteiger partial charge < -0.3 is 20.5 Å². The number of imidazole rings is 1. The van der Waals surface area contributed by atoms with Gasteiger partial charge in [0.15, 0.2) is 11.5 Å². The summed E-state index contributed by atoms with van der Waals surface area (Å²) in [5.41, 5.74) is 10.0. The molecule has 0 radical (unpaired) electrons. The maximum absolute atomic E-state index is 13.2. The van der Waals surface area contributed by atoms with Crippen LogP contribution in [0.2, 0.25) is 0 Å². The molecule has 11 nitrogen and oxygen atoms in total. The van der Waals surface area contributed by atoms with E-state index in [0.29, 0.717) is 40.8 Å². The number of fused-ring (bicyclic) bond motifs is 1. The molecule has 44 heavy (non-hydrogen) atoms. The van der Waals surface area contributed by atoms with Crippen LogP contribution in [-0.4, -0.2) is 64.9 Å². The van der Waals surface area contributed by atoms with Gasteiger partial charge in [-0.2, -0.15) is 0 Å². The number of hydrogen-bond donors (Lipinski definition) is 3. The Morgan fingerprint density at radius 2 is 1.82 bits per heavy atom. The summed E-state index contributed by atoms with van der Waals surface area (Å²) in [6.45, 7) is 8.01. The van der Waals surface area contributed by atoms with Gasteiger partial charge >= 0.3 is 0 Å². The van der Waals surface area contributed by atoms with Gasteiger partial charge in [-0.1, -0.05) is 24.3 Å². The second kappa shape index (κ2) is 12.1. The van der Waals surface area contributed by atoms with E-state index in [1.54, 1.807) is 45.0 Å². The minimum Gasteiger partial charge on any atom is -0.396 e. The average molecular weight is 620 g/mol. The molecular formula is C32H41N7O4S. The third-order valence-corrected chi connectivity index (χ3v) is 9.89. The van der Waals surface area contributed by atoms with E-state index in [1.165, 1.54) is 0 Å². The van der Waals surface area contributed by atoms with E-state index >= 15 is 0 Å². The predicted molar refractivity (Wildman–Crippen MR) is 172 cm³/mol. The zero-order valence-corrected chi connectivity index (χ0v) is 26.3. The van der Waals surface area contributed by atoms with Crippen LogP contribution in [0.1, 0.15) is 59.1 Å². The number of anilines is 2. The number of nitrogens with one attached hydrogen (secondary N) is 1. The first-order valence-electron chi connectivity index (χ1n) is 15.3. The van der Waals surface area contributed by atoms with Crippen LogP contribution in [0.4, 0.5) is 11.6 Å². The standard InChI is InChI=1S/C32H41N7O4S/c1-32(2,3)37-44(41,42)25-10-6-9-23(18-25)29-34-27(22-12-14-24(15-13-22)38-16-7-8-21(19-38)20-40)28-30(36-29)39(31(33)35-28)26-11-4-5-17-43-26/h6,9-10,12-15,18,21,26,37,40H,4-5,7-8,11,16-17,19-20H2,1-3H3,(H2,33,35). The number of aliphatic hydroxyl groups is 1. The van der Waals surface area contributed by atoms with Gasteiger partial charge in [0.2, 0.25) is 16.0 Å². The summed E-state index contributed by atoms with van der Waals surface area (Å²) in [7, 11) is -3.78. The van der Waals surface area contributed by atoms with E-state index in [0.717, 1.165) is 56.4 Å². The highest BCUT2D eigenvalue weighted by molar-refractivity contribution is 7.89. The Labute approximate surface area is 258 Å². The average Bonchev–Trinajstić information content (AvgIpc) is 3.35. The van der Waals surface area contributed by atoms with Crippen LogP contribution in [0, 0.1) is 5.92 Å². The first kappa shape index (κ1) is 30.4. The van der Waals surface area contributed by atoms with Crippen molar-refractivity contribution in [3.63, 3.8) is 0 Å². The van der Waals surface area contributed by atoms with Crippen molar-refractivity contribution in [2.24, 2.45) is 5.92 Å². The summed E-state index contributed by atoms with van der Waals surface area (Å²) in [5, 5.41) is 9.69. The van der Waals surface area contributed by atoms with Crippen LogP contribution in [0.15, 0.2) is 53.4 Å². The van der Waals surface area contributed by atoms with E-state index in [2.05, 4.69) is 21.8 Å². The molecule has 2 aromatic carbocycles. The predicted octanol–water partition coefficient (Wildman–Crippen LogP) is 4.73. The molecule has 4 N–H and O–H groups in total. The van der Waals surface area contributed by atoms with Gasteiger partial charge in [-0.25, -0.2) is 28.1 Å². The number of hydrogen-bond acceptors (Lipinski definition) is 9. The number of nitrogens with zero attached hydrogens (tertiary/aromatic N) is 5. The number of piperidine rings is 1. The van der Waals surface area contributed by atoms with Gasteiger partial charge in [0.25, 0.3) is 0 Å². The Kier molecular flexibility index (Phi) is 8.35. The van der Waals surface area contributed by atoms with Gasteiger partial charge in [0, 0.05) is 48.7 Å². The fourth-order valence-electron chi connectivity index (χ4n) is 6.08. The van der Waals surface area contributed by atoms with Crippen LogP contribution in [0.25, 0.3) is 33.8 Å². The third-order valence-electron chi connectivity index (χ3n) is 8.14. The lowest BCUT2D eigenvalue weighted by Crippen LogP contribution is -2.40. The number of benzene rings is 2. The molecule has 2 fully saturated rings. The lowest BCUT2D eigenvalue weighted by atomic mass is 9.98. The molecule has 2 aliphatic heterocycles. The fourth-order valence-corrected chi connectivity index (χ4v) is 7.54. The molecule has 12 heteroatoms. The van der Waals surface area contributed by atoms with Gasteiger partial charge in [0.05, 0.1) is 4.90 Å². The summed E-state index contributed by atoms with van der Waals surface area (Å²) in [6, 6.07) is 14.8. The smallest absolute Gasteiger partial charge is 0.241 e. The molecule has 234 valence electrons. The monoisotopic (exact) mass is 619 g/mol. The Morgan fingerprint density at radius 1 is 1.02 bits per heavy atom. The number of rotatable bonds is 7. The Hall–Kier alpha value is -3.58. The highest BCUT2D eigenvalue weighted by Gasteiger charge is 2.27. The van der Waals surface area contributed by atoms with Crippen molar-refractivity contribution in [1.29, 1.82) is 0 Å². The van der Waals surface area contributed by atoms with Gasteiger partial charge in [-0.15, -0.1) is 0 Å². The first-order valence-corrected chi connectivity index (χ1v) is 16.8. The summed E-state index contributed by atoms with van der Waals surface area (Å²) in [4.78, 5) is 17.0. The molecule has 2 atom stereocenters. The molecule has 4 heterocycles. The Bertz CT molecular complexity index is 1740. The molecule has 2 aromatic heterocycles. The first-order chi connectivity index (χ1) is 21.0. The molecule has 2 aliphatic rings. The van der Waals surface area contributed by atoms with Gasteiger partial charge in [-0.05, 0) is 83.1 Å².